The van der Waals surface area contributed by atoms with Crippen LogP contribution in [0.15, 0.2) is 0 Å². The summed E-state index contributed by atoms with van der Waals surface area (Å²) in [5.74, 6) is -3.11. The normalized spacial score (nSPS) is 33.5. The van der Waals surface area contributed by atoms with Crippen molar-refractivity contribution in [1.29, 1.82) is 0 Å². The van der Waals surface area contributed by atoms with Crippen LogP contribution < -0.4 is 0 Å². The van der Waals surface area contributed by atoms with Crippen LogP contribution in [0.3, 0.4) is 0 Å². The molecule has 1 aliphatic heterocycles. The Bertz CT molecular complexity index is 569. The van der Waals surface area contributed by atoms with Crippen molar-refractivity contribution in [2.75, 3.05) is 0 Å². The van der Waals surface area contributed by atoms with E-state index < -0.39 is 55.4 Å². The molecule has 1 aliphatic rings. The van der Waals surface area contributed by atoms with Crippen LogP contribution in [0.25, 0.3) is 0 Å². The van der Waals surface area contributed by atoms with Crippen LogP contribution in [0.2, 0.25) is 0 Å². The Hall–Kier alpha value is -1.52. The summed E-state index contributed by atoms with van der Waals surface area (Å²) in [5.41, 5.74) is -3.07. The molecule has 0 aliphatic carbocycles. The van der Waals surface area contributed by atoms with Crippen LogP contribution >= 0.6 is 7.60 Å². The van der Waals surface area contributed by atoms with Gasteiger partial charge in [-0.1, -0.05) is 0 Å². The van der Waals surface area contributed by atoms with Crippen molar-refractivity contribution in [3.63, 3.8) is 0 Å². The minimum atomic E-state index is -5.43. The molecule has 12 heteroatoms. The summed E-state index contributed by atoms with van der Waals surface area (Å²) in [4.78, 5) is 53.3. The van der Waals surface area contributed by atoms with Gasteiger partial charge >= 0.3 is 31.0 Å². The summed E-state index contributed by atoms with van der Waals surface area (Å²) >= 11 is 0. The number of aliphatic hydroxyl groups is 1. The van der Waals surface area contributed by atoms with Crippen LogP contribution in [0.1, 0.15) is 27.7 Å². The van der Waals surface area contributed by atoms with Gasteiger partial charge in [0.25, 0.3) is 0 Å². The van der Waals surface area contributed by atoms with E-state index in [0.29, 0.717) is 0 Å². The molecule has 11 nitrogen and oxygen atoms in total. The van der Waals surface area contributed by atoms with Gasteiger partial charge in [-0.2, -0.15) is 0 Å². The Morgan fingerprint density at radius 3 is 1.92 bits per heavy atom. The molecule has 0 aromatic heterocycles. The predicted molar refractivity (Wildman–Crippen MR) is 74.2 cm³/mol. The summed E-state index contributed by atoms with van der Waals surface area (Å²) in [7, 11) is -5.43. The third-order valence-corrected chi connectivity index (χ3v) is 4.38. The molecule has 24 heavy (non-hydrogen) atoms. The SMILES string of the molecule is CC(=O)O[C@@H]1[C@H](O)[C@H](C)O[C@@](OC(C)=O)(P(=O)(O)O)[C@H]1OC(C)=O. The molecule has 0 aromatic rings. The van der Waals surface area contributed by atoms with E-state index in [2.05, 4.69) is 4.74 Å². The minimum absolute atomic E-state index is 0.849. The fraction of sp³-hybridized carbons (Fsp3) is 0.750. The highest BCUT2D eigenvalue weighted by Gasteiger charge is 2.69. The van der Waals surface area contributed by atoms with Gasteiger partial charge in [0.15, 0.2) is 6.10 Å². The quantitative estimate of drug-likeness (QED) is 0.316. The highest BCUT2D eigenvalue weighted by atomic mass is 31.2. The molecule has 5 atom stereocenters. The van der Waals surface area contributed by atoms with Crippen molar-refractivity contribution in [3.05, 3.63) is 0 Å². The third kappa shape index (κ3) is 4.11. The van der Waals surface area contributed by atoms with E-state index in [4.69, 9.17) is 14.2 Å². The van der Waals surface area contributed by atoms with Crippen LogP contribution in [0.5, 0.6) is 0 Å². The van der Waals surface area contributed by atoms with Crippen molar-refractivity contribution in [1.82, 2.24) is 0 Å². The zero-order chi connectivity index (χ0) is 18.9. The van der Waals surface area contributed by atoms with E-state index in [-0.39, 0.29) is 0 Å². The Balaban J connectivity index is 3.54. The molecular formula is C12H19O11P. The van der Waals surface area contributed by atoms with Gasteiger partial charge in [0.2, 0.25) is 6.10 Å². The Labute approximate surface area is 137 Å². The fourth-order valence-corrected chi connectivity index (χ4v) is 3.36. The Kier molecular flexibility index (Phi) is 6.12. The fourth-order valence-electron chi connectivity index (χ4n) is 2.28. The molecule has 0 aromatic carbocycles. The van der Waals surface area contributed by atoms with Crippen LogP contribution in [0, 0.1) is 0 Å². The van der Waals surface area contributed by atoms with Gasteiger partial charge in [-0.05, 0) is 6.92 Å². The maximum absolute atomic E-state index is 12.0. The van der Waals surface area contributed by atoms with Gasteiger partial charge < -0.3 is 33.8 Å². The van der Waals surface area contributed by atoms with Crippen molar-refractivity contribution >= 4 is 25.5 Å². The van der Waals surface area contributed by atoms with E-state index in [0.717, 1.165) is 20.8 Å². The molecule has 0 radical (unpaired) electrons. The van der Waals surface area contributed by atoms with Gasteiger partial charge in [-0.15, -0.1) is 0 Å². The molecule has 0 bridgehead atoms. The first-order valence-corrected chi connectivity index (χ1v) is 8.38. The second kappa shape index (κ2) is 7.16. The van der Waals surface area contributed by atoms with Crippen molar-refractivity contribution < 1.29 is 52.8 Å². The van der Waals surface area contributed by atoms with Gasteiger partial charge in [-0.25, -0.2) is 0 Å². The number of esters is 3. The molecule has 1 heterocycles. The first-order chi connectivity index (χ1) is 10.8. The average Bonchev–Trinajstić information content (AvgIpc) is 2.37. The molecule has 1 fully saturated rings. The topological polar surface area (TPSA) is 166 Å². The van der Waals surface area contributed by atoms with Crippen LogP contribution in [-0.2, 0) is 37.9 Å². The molecule has 3 N–H and O–H groups in total. The lowest BCUT2D eigenvalue weighted by atomic mass is 9.99. The summed E-state index contributed by atoms with van der Waals surface area (Å²) in [5, 5.41) is 10.1. The maximum Gasteiger partial charge on any atom is 0.401 e. The molecule has 138 valence electrons. The molecule has 0 spiro atoms. The first-order valence-electron chi connectivity index (χ1n) is 6.77. The zero-order valence-corrected chi connectivity index (χ0v) is 14.3. The largest absolute Gasteiger partial charge is 0.455 e. The molecule has 0 unspecified atom stereocenters. The van der Waals surface area contributed by atoms with Crippen molar-refractivity contribution in [2.45, 2.75) is 57.6 Å². The van der Waals surface area contributed by atoms with E-state index in [1.54, 1.807) is 0 Å². The van der Waals surface area contributed by atoms with Crippen LogP contribution in [0.4, 0.5) is 0 Å². The van der Waals surface area contributed by atoms with E-state index >= 15 is 0 Å². The van der Waals surface area contributed by atoms with Gasteiger partial charge in [0, 0.05) is 20.8 Å². The van der Waals surface area contributed by atoms with E-state index in [9.17, 15) is 33.8 Å². The lowest BCUT2D eigenvalue weighted by molar-refractivity contribution is -0.316. The third-order valence-electron chi connectivity index (χ3n) is 3.12. The maximum atomic E-state index is 12.0. The second-order valence-corrected chi connectivity index (χ2v) is 6.90. The van der Waals surface area contributed by atoms with Crippen LogP contribution in [-0.4, -0.2) is 62.7 Å². The average molecular weight is 370 g/mol. The number of carbonyl (C=O) groups excluding carboxylic acids is 3. The smallest absolute Gasteiger partial charge is 0.401 e. The molecule has 1 rings (SSSR count). The minimum Gasteiger partial charge on any atom is -0.455 e. The number of aliphatic hydroxyl groups excluding tert-OH is 1. The first kappa shape index (κ1) is 20.5. The molecular weight excluding hydrogens is 351 g/mol. The highest BCUT2D eigenvalue weighted by molar-refractivity contribution is 7.53. The highest BCUT2D eigenvalue weighted by Crippen LogP contribution is 2.58. The summed E-state index contributed by atoms with van der Waals surface area (Å²) in [6.45, 7) is 3.94. The zero-order valence-electron chi connectivity index (χ0n) is 13.4. The molecule has 1 saturated heterocycles. The van der Waals surface area contributed by atoms with Gasteiger partial charge in [0.1, 0.15) is 6.10 Å². The van der Waals surface area contributed by atoms with E-state index in [1.807, 2.05) is 0 Å². The molecule has 0 amide bonds. The summed E-state index contributed by atoms with van der Waals surface area (Å²) in [6, 6.07) is 0. The summed E-state index contributed by atoms with van der Waals surface area (Å²) < 4.78 is 31.4. The van der Waals surface area contributed by atoms with Gasteiger partial charge in [0.05, 0.1) is 6.10 Å². The van der Waals surface area contributed by atoms with Gasteiger partial charge in [-0.3, -0.25) is 18.9 Å². The van der Waals surface area contributed by atoms with E-state index in [1.165, 1.54) is 6.92 Å². The number of ether oxygens (including phenoxy) is 4. The number of carbonyl (C=O) groups is 3. The second-order valence-electron chi connectivity index (χ2n) is 5.19. The summed E-state index contributed by atoms with van der Waals surface area (Å²) in [6.07, 6.45) is -6.75. The standard InChI is InChI=1S/C12H19O11P/c1-5-9(16)10(20-6(2)13)11(21-7(3)14)12(22-5,23-8(4)15)24(17,18)19/h5,9-11,16H,1-4H3,(H2,17,18,19)/t5-,9+,10+,11-,12-/m0/s1. The Morgan fingerprint density at radius 2 is 1.54 bits per heavy atom. The lowest BCUT2D eigenvalue weighted by Gasteiger charge is -2.48. The van der Waals surface area contributed by atoms with Crippen molar-refractivity contribution in [2.24, 2.45) is 0 Å². The monoisotopic (exact) mass is 370 g/mol. The number of rotatable bonds is 4. The predicted octanol–water partition coefficient (Wildman–Crippen LogP) is -0.976. The van der Waals surface area contributed by atoms with Crippen molar-refractivity contribution in [3.8, 4) is 0 Å². The Morgan fingerprint density at radius 1 is 1.04 bits per heavy atom. The molecule has 0 saturated carbocycles. The number of hydrogen-bond donors (Lipinski definition) is 3. The lowest BCUT2D eigenvalue weighted by Crippen LogP contribution is -2.66. The number of hydrogen-bond acceptors (Lipinski definition) is 9.